The number of aromatic nitrogens is 1. The highest BCUT2D eigenvalue weighted by molar-refractivity contribution is 5.99. The molecule has 1 aromatic heterocycles. The molecule has 1 aromatic carbocycles. The van der Waals surface area contributed by atoms with Crippen LogP contribution in [0.3, 0.4) is 0 Å². The average molecular weight is 396 g/mol. The lowest BCUT2D eigenvalue weighted by molar-refractivity contribution is 0.0289. The van der Waals surface area contributed by atoms with Gasteiger partial charge < -0.3 is 14.2 Å². The second-order valence-corrected chi connectivity index (χ2v) is 8.82. The van der Waals surface area contributed by atoms with Gasteiger partial charge in [0.2, 0.25) is 0 Å². The van der Waals surface area contributed by atoms with E-state index in [9.17, 15) is 4.79 Å². The van der Waals surface area contributed by atoms with Gasteiger partial charge in [-0.05, 0) is 62.8 Å². The van der Waals surface area contributed by atoms with Gasteiger partial charge in [-0.3, -0.25) is 9.69 Å². The Kier molecular flexibility index (Phi) is 5.35. The van der Waals surface area contributed by atoms with Crippen LogP contribution in [0, 0.1) is 0 Å². The van der Waals surface area contributed by atoms with E-state index in [0.29, 0.717) is 6.04 Å². The molecule has 3 aliphatic rings. The van der Waals surface area contributed by atoms with Crippen molar-refractivity contribution in [3.63, 3.8) is 0 Å². The third-order valence-corrected chi connectivity index (χ3v) is 7.20. The molecule has 0 N–H and O–H groups in total. The lowest BCUT2D eigenvalue weighted by atomic mass is 9.98. The van der Waals surface area contributed by atoms with Gasteiger partial charge in [0.25, 0.3) is 5.91 Å². The largest absolute Gasteiger partial charge is 0.381 e. The molecule has 0 bridgehead atoms. The minimum atomic E-state index is 0.210. The minimum Gasteiger partial charge on any atom is -0.381 e. The number of carbonyl (C=O) groups is 1. The SMILES string of the molecule is CCn1c2c(c3cc(C(=O)N4CCCCC4)ccc31)CN(C1CCOCC1)CC2. The number of rotatable bonds is 3. The number of hydrogen-bond acceptors (Lipinski definition) is 3. The van der Waals surface area contributed by atoms with E-state index < -0.39 is 0 Å². The number of nitrogens with zero attached hydrogens (tertiary/aromatic N) is 3. The highest BCUT2D eigenvalue weighted by Crippen LogP contribution is 2.34. The van der Waals surface area contributed by atoms with E-state index in [2.05, 4.69) is 28.5 Å². The van der Waals surface area contributed by atoms with Gasteiger partial charge in [-0.1, -0.05) is 0 Å². The van der Waals surface area contributed by atoms with Gasteiger partial charge in [-0.15, -0.1) is 0 Å². The Bertz CT molecular complexity index is 891. The van der Waals surface area contributed by atoms with Gasteiger partial charge in [-0.2, -0.15) is 0 Å². The van der Waals surface area contributed by atoms with Crippen LogP contribution in [0.2, 0.25) is 0 Å². The molecule has 0 aliphatic carbocycles. The highest BCUT2D eigenvalue weighted by Gasteiger charge is 2.29. The first-order valence-corrected chi connectivity index (χ1v) is 11.5. The van der Waals surface area contributed by atoms with Crippen LogP contribution in [0.5, 0.6) is 0 Å². The summed E-state index contributed by atoms with van der Waals surface area (Å²) in [7, 11) is 0. The quantitative estimate of drug-likeness (QED) is 0.793. The number of likely N-dealkylation sites (tertiary alicyclic amines) is 1. The molecular weight excluding hydrogens is 362 g/mol. The minimum absolute atomic E-state index is 0.210. The van der Waals surface area contributed by atoms with Gasteiger partial charge in [0, 0.05) is 80.6 Å². The van der Waals surface area contributed by atoms with Crippen LogP contribution < -0.4 is 0 Å². The zero-order valence-corrected chi connectivity index (χ0v) is 17.7. The molecule has 3 aliphatic heterocycles. The summed E-state index contributed by atoms with van der Waals surface area (Å²) in [6, 6.07) is 7.06. The summed E-state index contributed by atoms with van der Waals surface area (Å²) in [4.78, 5) is 17.8. The Hall–Kier alpha value is -1.85. The average Bonchev–Trinajstić information content (AvgIpc) is 3.12. The summed E-state index contributed by atoms with van der Waals surface area (Å²) in [6.07, 6.45) is 6.90. The Morgan fingerprint density at radius 2 is 1.90 bits per heavy atom. The van der Waals surface area contributed by atoms with E-state index in [0.717, 1.165) is 83.6 Å². The summed E-state index contributed by atoms with van der Waals surface area (Å²) in [6.45, 7) is 8.95. The number of hydrogen-bond donors (Lipinski definition) is 0. The number of fused-ring (bicyclic) bond motifs is 3. The molecule has 2 saturated heterocycles. The van der Waals surface area contributed by atoms with Crippen LogP contribution >= 0.6 is 0 Å². The van der Waals surface area contributed by atoms with Crippen LogP contribution in [0.4, 0.5) is 0 Å². The van der Waals surface area contributed by atoms with E-state index >= 15 is 0 Å². The lowest BCUT2D eigenvalue weighted by Gasteiger charge is -2.37. The lowest BCUT2D eigenvalue weighted by Crippen LogP contribution is -2.42. The zero-order chi connectivity index (χ0) is 19.8. The maximum absolute atomic E-state index is 13.1. The summed E-state index contributed by atoms with van der Waals surface area (Å²) in [5.41, 5.74) is 5.08. The predicted octanol–water partition coefficient (Wildman–Crippen LogP) is 3.82. The molecule has 29 heavy (non-hydrogen) atoms. The van der Waals surface area contributed by atoms with Crippen molar-refractivity contribution in [2.75, 3.05) is 32.8 Å². The van der Waals surface area contributed by atoms with E-state index in [-0.39, 0.29) is 5.91 Å². The van der Waals surface area contributed by atoms with Crippen molar-refractivity contribution in [3.05, 3.63) is 35.0 Å². The predicted molar refractivity (Wildman–Crippen MR) is 115 cm³/mol. The molecule has 5 rings (SSSR count). The number of ether oxygens (including phenoxy) is 1. The molecule has 156 valence electrons. The number of aryl methyl sites for hydroxylation is 1. The topological polar surface area (TPSA) is 37.7 Å². The van der Waals surface area contributed by atoms with Gasteiger partial charge in [0.15, 0.2) is 0 Å². The first kappa shape index (κ1) is 19.1. The van der Waals surface area contributed by atoms with E-state index in [4.69, 9.17) is 4.74 Å². The van der Waals surface area contributed by atoms with Crippen molar-refractivity contribution >= 4 is 16.8 Å². The van der Waals surface area contributed by atoms with Crippen LogP contribution in [0.25, 0.3) is 10.9 Å². The number of carbonyl (C=O) groups excluding carboxylic acids is 1. The number of benzene rings is 1. The standard InChI is InChI=1S/C24H33N3O2/c1-2-27-22-7-6-18(24(28)25-11-4-3-5-12-25)16-20(22)21-17-26(13-8-23(21)27)19-9-14-29-15-10-19/h6-7,16,19H,2-5,8-15,17H2,1H3. The Morgan fingerprint density at radius 3 is 2.66 bits per heavy atom. The molecule has 2 fully saturated rings. The molecule has 0 unspecified atom stereocenters. The smallest absolute Gasteiger partial charge is 0.253 e. The number of piperidine rings is 1. The van der Waals surface area contributed by atoms with Gasteiger partial charge >= 0.3 is 0 Å². The van der Waals surface area contributed by atoms with E-state index in [1.807, 2.05) is 11.0 Å². The third kappa shape index (κ3) is 3.49. The molecule has 0 spiro atoms. The fraction of sp³-hybridized carbons (Fsp3) is 0.625. The van der Waals surface area contributed by atoms with Crippen molar-refractivity contribution in [1.29, 1.82) is 0 Å². The second kappa shape index (κ2) is 8.11. The maximum Gasteiger partial charge on any atom is 0.253 e. The molecule has 0 radical (unpaired) electrons. The Balaban J connectivity index is 1.49. The maximum atomic E-state index is 13.1. The first-order valence-electron chi connectivity index (χ1n) is 11.5. The summed E-state index contributed by atoms with van der Waals surface area (Å²) >= 11 is 0. The molecule has 2 aromatic rings. The van der Waals surface area contributed by atoms with Crippen LogP contribution in [0.15, 0.2) is 18.2 Å². The monoisotopic (exact) mass is 395 g/mol. The molecule has 4 heterocycles. The molecular formula is C24H33N3O2. The molecule has 5 heteroatoms. The highest BCUT2D eigenvalue weighted by atomic mass is 16.5. The molecule has 0 atom stereocenters. The van der Waals surface area contributed by atoms with Gasteiger partial charge in [-0.25, -0.2) is 0 Å². The molecule has 1 amide bonds. The summed E-state index contributed by atoms with van der Waals surface area (Å²) < 4.78 is 8.05. The first-order chi connectivity index (χ1) is 14.3. The Labute approximate surface area is 173 Å². The Morgan fingerprint density at radius 1 is 1.10 bits per heavy atom. The fourth-order valence-corrected chi connectivity index (χ4v) is 5.61. The van der Waals surface area contributed by atoms with Crippen LogP contribution in [-0.4, -0.2) is 59.2 Å². The fourth-order valence-electron chi connectivity index (χ4n) is 5.61. The third-order valence-electron chi connectivity index (χ3n) is 7.20. The van der Waals surface area contributed by atoms with Crippen molar-refractivity contribution in [1.82, 2.24) is 14.4 Å². The van der Waals surface area contributed by atoms with E-state index in [1.165, 1.54) is 28.6 Å². The molecule has 0 saturated carbocycles. The summed E-state index contributed by atoms with van der Waals surface area (Å²) in [5.74, 6) is 0.210. The molecule has 5 nitrogen and oxygen atoms in total. The van der Waals surface area contributed by atoms with Crippen molar-refractivity contribution in [2.45, 2.75) is 64.6 Å². The van der Waals surface area contributed by atoms with E-state index in [1.54, 1.807) is 0 Å². The summed E-state index contributed by atoms with van der Waals surface area (Å²) in [5, 5.41) is 1.29. The van der Waals surface area contributed by atoms with Crippen LogP contribution in [-0.2, 0) is 24.2 Å². The van der Waals surface area contributed by atoms with Gasteiger partial charge in [0.05, 0.1) is 0 Å². The van der Waals surface area contributed by atoms with Crippen LogP contribution in [0.1, 0.15) is 60.6 Å². The van der Waals surface area contributed by atoms with Gasteiger partial charge in [0.1, 0.15) is 0 Å². The van der Waals surface area contributed by atoms with Crippen molar-refractivity contribution in [3.8, 4) is 0 Å². The van der Waals surface area contributed by atoms with Crippen molar-refractivity contribution in [2.24, 2.45) is 0 Å². The normalized spacial score (nSPS) is 21.5. The zero-order valence-electron chi connectivity index (χ0n) is 17.7. The van der Waals surface area contributed by atoms with Crippen molar-refractivity contribution < 1.29 is 9.53 Å². The second-order valence-electron chi connectivity index (χ2n) is 8.82. The number of amides is 1.